The van der Waals surface area contributed by atoms with Gasteiger partial charge in [-0.25, -0.2) is 0 Å². The molecular formula is C16H26N2O2. The molecular weight excluding hydrogens is 252 g/mol. The van der Waals surface area contributed by atoms with E-state index < -0.39 is 6.04 Å². The van der Waals surface area contributed by atoms with Crippen molar-refractivity contribution in [2.24, 2.45) is 11.7 Å². The predicted molar refractivity (Wildman–Crippen MR) is 83.0 cm³/mol. The Morgan fingerprint density at radius 2 is 1.95 bits per heavy atom. The first-order valence-electron chi connectivity index (χ1n) is 7.13. The number of hydrogen-bond acceptors (Lipinski definition) is 3. The Hall–Kier alpha value is -1.55. The maximum atomic E-state index is 12.0. The van der Waals surface area contributed by atoms with E-state index in [4.69, 9.17) is 10.5 Å². The van der Waals surface area contributed by atoms with Crippen molar-refractivity contribution in [1.29, 1.82) is 0 Å². The number of ether oxygens (including phenoxy) is 1. The summed E-state index contributed by atoms with van der Waals surface area (Å²) < 4.78 is 5.67. The van der Waals surface area contributed by atoms with Crippen LogP contribution in [0, 0.1) is 12.8 Å². The lowest BCUT2D eigenvalue weighted by Crippen LogP contribution is -2.36. The van der Waals surface area contributed by atoms with E-state index in [0.29, 0.717) is 12.3 Å². The van der Waals surface area contributed by atoms with E-state index in [2.05, 4.69) is 19.2 Å². The minimum atomic E-state index is -0.470. The van der Waals surface area contributed by atoms with Crippen molar-refractivity contribution in [3.05, 3.63) is 23.8 Å². The van der Waals surface area contributed by atoms with Crippen LogP contribution in [-0.4, -0.2) is 18.1 Å². The van der Waals surface area contributed by atoms with Gasteiger partial charge in [-0.15, -0.1) is 0 Å². The number of anilines is 1. The van der Waals surface area contributed by atoms with Crippen LogP contribution in [0.4, 0.5) is 5.69 Å². The molecule has 0 bridgehead atoms. The number of amides is 1. The van der Waals surface area contributed by atoms with Crippen LogP contribution in [-0.2, 0) is 4.79 Å². The highest BCUT2D eigenvalue weighted by Crippen LogP contribution is 2.23. The number of carbonyl (C=O) groups excluding carboxylic acids is 1. The van der Waals surface area contributed by atoms with Crippen molar-refractivity contribution in [2.75, 3.05) is 5.32 Å². The number of carbonyl (C=O) groups is 1. The van der Waals surface area contributed by atoms with Gasteiger partial charge in [0.15, 0.2) is 0 Å². The molecule has 1 rings (SSSR count). The van der Waals surface area contributed by atoms with Crippen molar-refractivity contribution in [2.45, 2.75) is 53.2 Å². The van der Waals surface area contributed by atoms with Gasteiger partial charge >= 0.3 is 0 Å². The molecule has 20 heavy (non-hydrogen) atoms. The maximum absolute atomic E-state index is 12.0. The summed E-state index contributed by atoms with van der Waals surface area (Å²) in [5.41, 5.74) is 7.61. The first kappa shape index (κ1) is 16.5. The summed E-state index contributed by atoms with van der Waals surface area (Å²) in [6.07, 6.45) is 0.813. The van der Waals surface area contributed by atoms with Crippen LogP contribution in [0.5, 0.6) is 5.75 Å². The molecule has 112 valence electrons. The molecule has 0 saturated carbocycles. The van der Waals surface area contributed by atoms with E-state index >= 15 is 0 Å². The van der Waals surface area contributed by atoms with E-state index in [0.717, 1.165) is 17.0 Å². The fourth-order valence-electron chi connectivity index (χ4n) is 1.96. The normalized spacial score (nSPS) is 12.6. The van der Waals surface area contributed by atoms with Crippen molar-refractivity contribution in [1.82, 2.24) is 0 Å². The number of nitrogens with two attached hydrogens (primary N) is 1. The Morgan fingerprint density at radius 3 is 2.45 bits per heavy atom. The van der Waals surface area contributed by atoms with Gasteiger partial charge in [0.2, 0.25) is 5.91 Å². The fraction of sp³-hybridized carbons (Fsp3) is 0.562. The molecule has 0 aliphatic carbocycles. The molecule has 0 aliphatic heterocycles. The zero-order chi connectivity index (χ0) is 15.3. The highest BCUT2D eigenvalue weighted by molar-refractivity contribution is 5.94. The third kappa shape index (κ3) is 5.21. The van der Waals surface area contributed by atoms with Crippen molar-refractivity contribution >= 4 is 11.6 Å². The number of benzene rings is 1. The van der Waals surface area contributed by atoms with E-state index in [1.807, 2.05) is 39.0 Å². The molecule has 3 N–H and O–H groups in total. The average Bonchev–Trinajstić information content (AvgIpc) is 2.31. The SMILES string of the molecule is Cc1cc(NC(=O)[C@@H](N)CC(C)C)ccc1OC(C)C. The fourth-order valence-corrected chi connectivity index (χ4v) is 1.96. The first-order valence-corrected chi connectivity index (χ1v) is 7.13. The summed E-state index contributed by atoms with van der Waals surface area (Å²) in [6, 6.07) is 5.14. The van der Waals surface area contributed by atoms with Crippen molar-refractivity contribution < 1.29 is 9.53 Å². The topological polar surface area (TPSA) is 64.4 Å². The van der Waals surface area contributed by atoms with E-state index in [9.17, 15) is 4.79 Å². The van der Waals surface area contributed by atoms with Gasteiger partial charge < -0.3 is 15.8 Å². The molecule has 0 unspecified atom stereocenters. The lowest BCUT2D eigenvalue weighted by Gasteiger charge is -2.16. The van der Waals surface area contributed by atoms with E-state index in [-0.39, 0.29) is 12.0 Å². The van der Waals surface area contributed by atoms with Gasteiger partial charge in [-0.1, -0.05) is 13.8 Å². The second kappa shape index (κ2) is 7.29. The lowest BCUT2D eigenvalue weighted by atomic mass is 10.0. The van der Waals surface area contributed by atoms with Gasteiger partial charge in [-0.2, -0.15) is 0 Å². The second-order valence-electron chi connectivity index (χ2n) is 5.87. The minimum absolute atomic E-state index is 0.133. The summed E-state index contributed by atoms with van der Waals surface area (Å²) in [6.45, 7) is 10.0. The molecule has 4 heteroatoms. The highest BCUT2D eigenvalue weighted by Gasteiger charge is 2.15. The summed E-state index contributed by atoms with van der Waals surface area (Å²) in [5, 5.41) is 2.85. The molecule has 4 nitrogen and oxygen atoms in total. The van der Waals surface area contributed by atoms with Gasteiger partial charge in [-0.3, -0.25) is 4.79 Å². The third-order valence-electron chi connectivity index (χ3n) is 2.87. The molecule has 0 radical (unpaired) electrons. The van der Waals surface area contributed by atoms with Crippen LogP contribution >= 0.6 is 0 Å². The van der Waals surface area contributed by atoms with Gasteiger partial charge in [0.1, 0.15) is 5.75 Å². The average molecular weight is 278 g/mol. The Labute approximate surface area is 121 Å². The molecule has 0 spiro atoms. The Balaban J connectivity index is 2.69. The molecule has 1 aromatic carbocycles. The Morgan fingerprint density at radius 1 is 1.30 bits per heavy atom. The molecule has 0 aromatic heterocycles. The largest absolute Gasteiger partial charge is 0.491 e. The molecule has 0 fully saturated rings. The van der Waals surface area contributed by atoms with Crippen LogP contribution in [0.25, 0.3) is 0 Å². The number of nitrogens with one attached hydrogen (secondary N) is 1. The maximum Gasteiger partial charge on any atom is 0.241 e. The number of rotatable bonds is 6. The summed E-state index contributed by atoms with van der Waals surface area (Å²) in [5.74, 6) is 1.10. The predicted octanol–water partition coefficient (Wildman–Crippen LogP) is 3.09. The molecule has 1 atom stereocenters. The van der Waals surface area contributed by atoms with Crippen LogP contribution in [0.2, 0.25) is 0 Å². The van der Waals surface area contributed by atoms with Crippen LogP contribution in [0.15, 0.2) is 18.2 Å². The van der Waals surface area contributed by atoms with Crippen LogP contribution in [0.3, 0.4) is 0 Å². The monoisotopic (exact) mass is 278 g/mol. The van der Waals surface area contributed by atoms with Gasteiger partial charge in [0.05, 0.1) is 12.1 Å². The minimum Gasteiger partial charge on any atom is -0.491 e. The van der Waals surface area contributed by atoms with Crippen molar-refractivity contribution in [3.8, 4) is 5.75 Å². The quantitative estimate of drug-likeness (QED) is 0.840. The first-order chi connectivity index (χ1) is 9.29. The molecule has 1 aromatic rings. The number of hydrogen-bond donors (Lipinski definition) is 2. The third-order valence-corrected chi connectivity index (χ3v) is 2.87. The highest BCUT2D eigenvalue weighted by atomic mass is 16.5. The Kier molecular flexibility index (Phi) is 6.02. The summed E-state index contributed by atoms with van der Waals surface area (Å²) >= 11 is 0. The summed E-state index contributed by atoms with van der Waals surface area (Å²) in [7, 11) is 0. The van der Waals surface area contributed by atoms with Crippen LogP contribution < -0.4 is 15.8 Å². The second-order valence-corrected chi connectivity index (χ2v) is 5.87. The van der Waals surface area contributed by atoms with Crippen LogP contribution in [0.1, 0.15) is 39.7 Å². The lowest BCUT2D eigenvalue weighted by molar-refractivity contribution is -0.117. The van der Waals surface area contributed by atoms with Gasteiger partial charge in [0.25, 0.3) is 0 Å². The summed E-state index contributed by atoms with van der Waals surface area (Å²) in [4.78, 5) is 12.0. The molecule has 0 saturated heterocycles. The zero-order valence-electron chi connectivity index (χ0n) is 13.1. The van der Waals surface area contributed by atoms with E-state index in [1.54, 1.807) is 0 Å². The number of aryl methyl sites for hydroxylation is 1. The van der Waals surface area contributed by atoms with Gasteiger partial charge in [0, 0.05) is 5.69 Å². The smallest absolute Gasteiger partial charge is 0.241 e. The standard InChI is InChI=1S/C16H26N2O2/c1-10(2)8-14(17)16(19)18-13-6-7-15(12(5)9-13)20-11(3)4/h6-7,9-11,14H,8,17H2,1-5H3,(H,18,19)/t14-/m0/s1. The Bertz CT molecular complexity index is 456. The van der Waals surface area contributed by atoms with E-state index in [1.165, 1.54) is 0 Å². The molecule has 0 heterocycles. The van der Waals surface area contributed by atoms with Crippen molar-refractivity contribution in [3.63, 3.8) is 0 Å². The zero-order valence-corrected chi connectivity index (χ0v) is 13.1. The molecule has 0 aliphatic rings. The van der Waals surface area contributed by atoms with Gasteiger partial charge in [-0.05, 0) is 56.9 Å². The molecule has 1 amide bonds.